The molecule has 8 nitrogen and oxygen atoms in total. The molecule has 4 rings (SSSR count). The molecule has 0 aliphatic carbocycles. The number of aliphatic imine (C=N–C) groups is 1. The molecule has 1 saturated heterocycles. The van der Waals surface area contributed by atoms with Crippen molar-refractivity contribution in [1.82, 2.24) is 30.3 Å². The Morgan fingerprint density at radius 1 is 1.25 bits per heavy atom. The molecule has 174 valence electrons. The van der Waals surface area contributed by atoms with Gasteiger partial charge in [-0.2, -0.15) is 5.10 Å². The molecule has 1 aromatic carbocycles. The quantitative estimate of drug-likeness (QED) is 0.503. The summed E-state index contributed by atoms with van der Waals surface area (Å²) in [6.45, 7) is 4.80. The highest BCUT2D eigenvalue weighted by molar-refractivity contribution is 5.79. The molecule has 0 saturated carbocycles. The van der Waals surface area contributed by atoms with E-state index in [1.54, 1.807) is 19.2 Å². The van der Waals surface area contributed by atoms with Crippen molar-refractivity contribution in [2.45, 2.75) is 51.4 Å². The Bertz CT molecular complexity index is 907. The number of nitrogens with zero attached hydrogens (tertiary/aromatic N) is 5. The number of ether oxygens (including phenoxy) is 1. The Labute approximate surface area is 189 Å². The van der Waals surface area contributed by atoms with Crippen LogP contribution >= 0.6 is 0 Å². The van der Waals surface area contributed by atoms with Crippen LogP contribution in [0, 0.1) is 11.7 Å². The van der Waals surface area contributed by atoms with E-state index in [-0.39, 0.29) is 11.9 Å². The van der Waals surface area contributed by atoms with E-state index < -0.39 is 0 Å². The second-order valence-electron chi connectivity index (χ2n) is 8.70. The van der Waals surface area contributed by atoms with E-state index >= 15 is 0 Å². The summed E-state index contributed by atoms with van der Waals surface area (Å²) in [6.07, 6.45) is 4.10. The van der Waals surface area contributed by atoms with Gasteiger partial charge in [0, 0.05) is 45.3 Å². The largest absolute Gasteiger partial charge is 0.377 e. The number of hydrogen-bond acceptors (Lipinski definition) is 5. The SMILES string of the molecule is CN=C(NCC1CCN(Cc2ccccc2F)CC1)NC1CCc2nc(COC)nn2C1. The summed E-state index contributed by atoms with van der Waals surface area (Å²) in [6, 6.07) is 7.34. The van der Waals surface area contributed by atoms with E-state index in [2.05, 4.69) is 30.6 Å². The highest BCUT2D eigenvalue weighted by Gasteiger charge is 2.24. The van der Waals surface area contributed by atoms with Crippen LogP contribution in [0.5, 0.6) is 0 Å². The molecule has 2 aliphatic rings. The number of methoxy groups -OCH3 is 1. The Kier molecular flexibility index (Phi) is 7.70. The molecule has 2 aromatic rings. The second kappa shape index (κ2) is 10.9. The van der Waals surface area contributed by atoms with Crippen molar-refractivity contribution in [3.8, 4) is 0 Å². The molecular weight excluding hydrogens is 409 g/mol. The highest BCUT2D eigenvalue weighted by Crippen LogP contribution is 2.19. The number of likely N-dealkylation sites (tertiary alicyclic amines) is 1. The molecule has 0 bridgehead atoms. The normalized spacial score (nSPS) is 20.2. The fourth-order valence-corrected chi connectivity index (χ4v) is 4.51. The fourth-order valence-electron chi connectivity index (χ4n) is 4.51. The Hall–Kier alpha value is -2.52. The molecule has 0 amide bonds. The number of aromatic nitrogens is 3. The van der Waals surface area contributed by atoms with Crippen molar-refractivity contribution in [2.75, 3.05) is 33.8 Å². The number of guanidine groups is 1. The van der Waals surface area contributed by atoms with Crippen LogP contribution < -0.4 is 10.6 Å². The van der Waals surface area contributed by atoms with Crippen molar-refractivity contribution in [3.05, 3.63) is 47.3 Å². The Balaban J connectivity index is 1.19. The molecule has 1 atom stereocenters. The molecule has 1 unspecified atom stereocenters. The first-order valence-electron chi connectivity index (χ1n) is 11.5. The van der Waals surface area contributed by atoms with Crippen molar-refractivity contribution in [2.24, 2.45) is 10.9 Å². The molecule has 2 aliphatic heterocycles. The van der Waals surface area contributed by atoms with Crippen LogP contribution in [-0.4, -0.2) is 65.5 Å². The molecule has 9 heteroatoms. The summed E-state index contributed by atoms with van der Waals surface area (Å²) >= 11 is 0. The molecule has 0 radical (unpaired) electrons. The molecule has 2 N–H and O–H groups in total. The van der Waals surface area contributed by atoms with Gasteiger partial charge < -0.3 is 15.4 Å². The van der Waals surface area contributed by atoms with Crippen LogP contribution in [0.4, 0.5) is 4.39 Å². The third kappa shape index (κ3) is 5.83. The predicted molar refractivity (Wildman–Crippen MR) is 122 cm³/mol. The number of nitrogens with one attached hydrogen (secondary N) is 2. The average molecular weight is 444 g/mol. The summed E-state index contributed by atoms with van der Waals surface area (Å²) < 4.78 is 21.0. The first-order chi connectivity index (χ1) is 15.6. The van der Waals surface area contributed by atoms with Crippen LogP contribution in [0.15, 0.2) is 29.3 Å². The Morgan fingerprint density at radius 2 is 2.06 bits per heavy atom. The number of piperidine rings is 1. The number of hydrogen-bond donors (Lipinski definition) is 2. The summed E-state index contributed by atoms with van der Waals surface area (Å²) in [5.41, 5.74) is 0.783. The van der Waals surface area contributed by atoms with Crippen LogP contribution in [-0.2, 0) is 30.9 Å². The van der Waals surface area contributed by atoms with E-state index in [1.807, 2.05) is 23.9 Å². The van der Waals surface area contributed by atoms with Crippen molar-refractivity contribution >= 4 is 5.96 Å². The van der Waals surface area contributed by atoms with Gasteiger partial charge in [0.1, 0.15) is 18.2 Å². The first-order valence-corrected chi connectivity index (χ1v) is 11.5. The van der Waals surface area contributed by atoms with E-state index in [0.29, 0.717) is 19.1 Å². The number of aryl methyl sites for hydroxylation is 1. The monoisotopic (exact) mass is 443 g/mol. The van der Waals surface area contributed by atoms with Gasteiger partial charge in [0.25, 0.3) is 0 Å². The van der Waals surface area contributed by atoms with E-state index in [0.717, 1.165) is 75.0 Å². The van der Waals surface area contributed by atoms with Gasteiger partial charge in [0.05, 0.1) is 6.54 Å². The van der Waals surface area contributed by atoms with E-state index in [9.17, 15) is 4.39 Å². The van der Waals surface area contributed by atoms with Gasteiger partial charge in [-0.05, 0) is 44.3 Å². The summed E-state index contributed by atoms with van der Waals surface area (Å²) in [5.74, 6) is 3.09. The van der Waals surface area contributed by atoms with Gasteiger partial charge in [-0.1, -0.05) is 18.2 Å². The molecule has 1 fully saturated rings. The van der Waals surface area contributed by atoms with Gasteiger partial charge in [-0.25, -0.2) is 14.1 Å². The number of rotatable bonds is 7. The topological polar surface area (TPSA) is 79.6 Å². The maximum Gasteiger partial charge on any atom is 0.191 e. The minimum Gasteiger partial charge on any atom is -0.377 e. The van der Waals surface area contributed by atoms with Crippen molar-refractivity contribution in [1.29, 1.82) is 0 Å². The molecule has 32 heavy (non-hydrogen) atoms. The van der Waals surface area contributed by atoms with Gasteiger partial charge >= 0.3 is 0 Å². The minimum atomic E-state index is -0.109. The molecule has 0 spiro atoms. The van der Waals surface area contributed by atoms with E-state index in [1.165, 1.54) is 0 Å². The number of fused-ring (bicyclic) bond motifs is 1. The summed E-state index contributed by atoms with van der Waals surface area (Å²) in [7, 11) is 3.47. The standard InChI is InChI=1S/C23H34FN7O/c1-25-23(27-19-7-8-22-28-21(16-32-2)29-31(22)15-19)26-13-17-9-11-30(12-10-17)14-18-5-3-4-6-20(18)24/h3-6,17,19H,7-16H2,1-2H3,(H2,25,26,27). The zero-order valence-corrected chi connectivity index (χ0v) is 19.1. The van der Waals surface area contributed by atoms with Gasteiger partial charge in [-0.3, -0.25) is 9.89 Å². The maximum absolute atomic E-state index is 13.9. The lowest BCUT2D eigenvalue weighted by molar-refractivity contribution is 0.176. The number of halogens is 1. The van der Waals surface area contributed by atoms with Crippen molar-refractivity contribution in [3.63, 3.8) is 0 Å². The number of benzene rings is 1. The third-order valence-corrected chi connectivity index (χ3v) is 6.36. The second-order valence-corrected chi connectivity index (χ2v) is 8.70. The highest BCUT2D eigenvalue weighted by atomic mass is 19.1. The van der Waals surface area contributed by atoms with Gasteiger partial charge in [-0.15, -0.1) is 0 Å². The first kappa shape index (κ1) is 22.7. The molecule has 3 heterocycles. The predicted octanol–water partition coefficient (Wildman–Crippen LogP) is 1.96. The van der Waals surface area contributed by atoms with Gasteiger partial charge in [0.2, 0.25) is 0 Å². The average Bonchev–Trinajstić information content (AvgIpc) is 3.21. The molecular formula is C23H34FN7O. The lowest BCUT2D eigenvalue weighted by atomic mass is 9.96. The smallest absolute Gasteiger partial charge is 0.191 e. The van der Waals surface area contributed by atoms with Crippen LogP contribution in [0.1, 0.15) is 36.5 Å². The zero-order valence-electron chi connectivity index (χ0n) is 19.1. The minimum absolute atomic E-state index is 0.109. The third-order valence-electron chi connectivity index (χ3n) is 6.36. The molecule has 1 aromatic heterocycles. The Morgan fingerprint density at radius 3 is 2.81 bits per heavy atom. The summed E-state index contributed by atoms with van der Waals surface area (Å²) in [5, 5.41) is 11.6. The van der Waals surface area contributed by atoms with Crippen molar-refractivity contribution < 1.29 is 9.13 Å². The van der Waals surface area contributed by atoms with Crippen LogP contribution in [0.3, 0.4) is 0 Å². The lowest BCUT2D eigenvalue weighted by Crippen LogP contribution is -2.48. The van der Waals surface area contributed by atoms with E-state index in [4.69, 9.17) is 4.74 Å². The fraction of sp³-hybridized carbons (Fsp3) is 0.609. The lowest BCUT2D eigenvalue weighted by Gasteiger charge is -2.32. The van der Waals surface area contributed by atoms with Crippen LogP contribution in [0.25, 0.3) is 0 Å². The van der Waals surface area contributed by atoms with Crippen LogP contribution in [0.2, 0.25) is 0 Å². The zero-order chi connectivity index (χ0) is 22.3. The maximum atomic E-state index is 13.9. The van der Waals surface area contributed by atoms with Gasteiger partial charge in [0.15, 0.2) is 11.8 Å². The summed E-state index contributed by atoms with van der Waals surface area (Å²) in [4.78, 5) is 11.3.